The molecule has 1 heterocycles. The van der Waals surface area contributed by atoms with E-state index in [4.69, 9.17) is 0 Å². The number of piperidine rings is 1. The SMILES string of the molecule is CCCC(O)CNC(C)C1CCCN(CC)C1. The Hall–Kier alpha value is -0.120. The zero-order valence-electron chi connectivity index (χ0n) is 11.8. The van der Waals surface area contributed by atoms with Gasteiger partial charge in [0.1, 0.15) is 0 Å². The van der Waals surface area contributed by atoms with Crippen LogP contribution in [0.1, 0.15) is 46.5 Å². The van der Waals surface area contributed by atoms with E-state index in [1.807, 2.05) is 0 Å². The van der Waals surface area contributed by atoms with Crippen molar-refractivity contribution in [3.63, 3.8) is 0 Å². The Balaban J connectivity index is 2.24. The molecule has 0 radical (unpaired) electrons. The fraction of sp³-hybridized carbons (Fsp3) is 1.00. The number of rotatable bonds is 7. The van der Waals surface area contributed by atoms with Crippen LogP contribution in [-0.4, -0.2) is 48.3 Å². The molecule has 0 aromatic carbocycles. The lowest BCUT2D eigenvalue weighted by Crippen LogP contribution is -2.46. The van der Waals surface area contributed by atoms with E-state index in [1.165, 1.54) is 32.5 Å². The van der Waals surface area contributed by atoms with Gasteiger partial charge in [0.2, 0.25) is 0 Å². The molecule has 3 nitrogen and oxygen atoms in total. The van der Waals surface area contributed by atoms with Gasteiger partial charge in [-0.05, 0) is 45.2 Å². The standard InChI is InChI=1S/C14H30N2O/c1-4-7-14(17)10-15-12(3)13-8-6-9-16(5-2)11-13/h12-15,17H,4-11H2,1-3H3. The minimum absolute atomic E-state index is 0.173. The Bertz CT molecular complexity index is 199. The first kappa shape index (κ1) is 14.9. The topological polar surface area (TPSA) is 35.5 Å². The molecule has 2 N–H and O–H groups in total. The maximum absolute atomic E-state index is 9.72. The van der Waals surface area contributed by atoms with Gasteiger partial charge in [0, 0.05) is 19.1 Å². The quantitative estimate of drug-likeness (QED) is 0.715. The highest BCUT2D eigenvalue weighted by molar-refractivity contribution is 4.80. The molecule has 1 fully saturated rings. The normalized spacial score (nSPS) is 25.8. The van der Waals surface area contributed by atoms with Crippen LogP contribution < -0.4 is 5.32 Å². The molecule has 0 bridgehead atoms. The summed E-state index contributed by atoms with van der Waals surface area (Å²) in [6.45, 7) is 11.0. The fourth-order valence-electron chi connectivity index (χ4n) is 2.71. The predicted octanol–water partition coefficient (Wildman–Crippen LogP) is 1.86. The van der Waals surface area contributed by atoms with E-state index < -0.39 is 0 Å². The molecule has 0 aromatic rings. The lowest BCUT2D eigenvalue weighted by atomic mass is 9.91. The summed E-state index contributed by atoms with van der Waals surface area (Å²) in [7, 11) is 0. The van der Waals surface area contributed by atoms with E-state index >= 15 is 0 Å². The summed E-state index contributed by atoms with van der Waals surface area (Å²) in [5.74, 6) is 0.748. The van der Waals surface area contributed by atoms with Gasteiger partial charge in [-0.15, -0.1) is 0 Å². The average molecular weight is 242 g/mol. The van der Waals surface area contributed by atoms with Gasteiger partial charge in [0.05, 0.1) is 6.10 Å². The van der Waals surface area contributed by atoms with Crippen LogP contribution in [0.5, 0.6) is 0 Å². The number of aliphatic hydroxyl groups is 1. The highest BCUT2D eigenvalue weighted by Gasteiger charge is 2.23. The third-order valence-corrected chi connectivity index (χ3v) is 3.99. The zero-order valence-corrected chi connectivity index (χ0v) is 11.8. The number of hydrogen-bond acceptors (Lipinski definition) is 3. The van der Waals surface area contributed by atoms with Gasteiger partial charge in [-0.25, -0.2) is 0 Å². The van der Waals surface area contributed by atoms with Gasteiger partial charge in [0.25, 0.3) is 0 Å². The maximum atomic E-state index is 9.72. The molecule has 0 saturated carbocycles. The Morgan fingerprint density at radius 3 is 2.82 bits per heavy atom. The van der Waals surface area contributed by atoms with Gasteiger partial charge >= 0.3 is 0 Å². The smallest absolute Gasteiger partial charge is 0.0664 e. The van der Waals surface area contributed by atoms with Crippen molar-refractivity contribution in [1.29, 1.82) is 0 Å². The van der Waals surface area contributed by atoms with Crippen LogP contribution in [0.15, 0.2) is 0 Å². The summed E-state index contributed by atoms with van der Waals surface area (Å²) >= 11 is 0. The predicted molar refractivity (Wildman–Crippen MR) is 73.2 cm³/mol. The summed E-state index contributed by atoms with van der Waals surface area (Å²) < 4.78 is 0. The van der Waals surface area contributed by atoms with E-state index in [1.54, 1.807) is 0 Å². The monoisotopic (exact) mass is 242 g/mol. The van der Waals surface area contributed by atoms with Crippen molar-refractivity contribution in [3.05, 3.63) is 0 Å². The summed E-state index contributed by atoms with van der Waals surface area (Å²) in [5.41, 5.74) is 0. The van der Waals surface area contributed by atoms with Crippen molar-refractivity contribution in [2.24, 2.45) is 5.92 Å². The van der Waals surface area contributed by atoms with Gasteiger partial charge in [-0.2, -0.15) is 0 Å². The van der Waals surface area contributed by atoms with E-state index in [0.717, 1.165) is 25.3 Å². The molecular weight excluding hydrogens is 212 g/mol. The van der Waals surface area contributed by atoms with Crippen LogP contribution >= 0.6 is 0 Å². The van der Waals surface area contributed by atoms with E-state index in [-0.39, 0.29) is 6.10 Å². The molecule has 0 aliphatic carbocycles. The van der Waals surface area contributed by atoms with Gasteiger partial charge < -0.3 is 15.3 Å². The Kier molecular flexibility index (Phi) is 7.09. The van der Waals surface area contributed by atoms with Crippen LogP contribution in [0.4, 0.5) is 0 Å². The van der Waals surface area contributed by atoms with Crippen LogP contribution in [0.25, 0.3) is 0 Å². The molecular formula is C14H30N2O. The number of hydrogen-bond donors (Lipinski definition) is 2. The molecule has 1 aliphatic rings. The third-order valence-electron chi connectivity index (χ3n) is 3.99. The highest BCUT2D eigenvalue weighted by atomic mass is 16.3. The van der Waals surface area contributed by atoms with Gasteiger partial charge in [0.15, 0.2) is 0 Å². The summed E-state index contributed by atoms with van der Waals surface area (Å²) in [6, 6.07) is 0.524. The van der Waals surface area contributed by atoms with Crippen LogP contribution in [0.2, 0.25) is 0 Å². The molecule has 102 valence electrons. The Morgan fingerprint density at radius 1 is 1.41 bits per heavy atom. The van der Waals surface area contributed by atoms with Gasteiger partial charge in [-0.3, -0.25) is 0 Å². The van der Waals surface area contributed by atoms with Crippen molar-refractivity contribution >= 4 is 0 Å². The number of aliphatic hydroxyl groups excluding tert-OH is 1. The van der Waals surface area contributed by atoms with Crippen LogP contribution in [0, 0.1) is 5.92 Å². The molecule has 3 unspecified atom stereocenters. The number of nitrogens with zero attached hydrogens (tertiary/aromatic N) is 1. The zero-order chi connectivity index (χ0) is 12.7. The summed E-state index contributed by atoms with van der Waals surface area (Å²) in [6.07, 6.45) is 4.44. The maximum Gasteiger partial charge on any atom is 0.0664 e. The minimum atomic E-state index is -0.173. The molecule has 17 heavy (non-hydrogen) atoms. The molecule has 0 amide bonds. The van der Waals surface area contributed by atoms with Crippen molar-refractivity contribution in [1.82, 2.24) is 10.2 Å². The lowest BCUT2D eigenvalue weighted by Gasteiger charge is -2.35. The van der Waals surface area contributed by atoms with Crippen LogP contribution in [-0.2, 0) is 0 Å². The van der Waals surface area contributed by atoms with Crippen molar-refractivity contribution in [2.45, 2.75) is 58.6 Å². The Labute approximate surface area is 107 Å². The first-order valence-corrected chi connectivity index (χ1v) is 7.31. The second kappa shape index (κ2) is 8.06. The Morgan fingerprint density at radius 2 is 2.18 bits per heavy atom. The van der Waals surface area contributed by atoms with E-state index in [9.17, 15) is 5.11 Å². The first-order chi connectivity index (χ1) is 8.17. The van der Waals surface area contributed by atoms with Crippen LogP contribution in [0.3, 0.4) is 0 Å². The molecule has 0 aromatic heterocycles. The number of likely N-dealkylation sites (tertiary alicyclic amines) is 1. The van der Waals surface area contributed by atoms with Crippen molar-refractivity contribution in [2.75, 3.05) is 26.2 Å². The lowest BCUT2D eigenvalue weighted by molar-refractivity contribution is 0.130. The van der Waals surface area contributed by atoms with Gasteiger partial charge in [-0.1, -0.05) is 20.3 Å². The summed E-state index contributed by atoms with van der Waals surface area (Å²) in [4.78, 5) is 2.54. The average Bonchev–Trinajstić information content (AvgIpc) is 2.36. The van der Waals surface area contributed by atoms with Crippen molar-refractivity contribution < 1.29 is 5.11 Å². The second-order valence-electron chi connectivity index (χ2n) is 5.43. The first-order valence-electron chi connectivity index (χ1n) is 7.31. The molecule has 1 saturated heterocycles. The molecule has 3 heteroatoms. The van der Waals surface area contributed by atoms with Crippen molar-refractivity contribution in [3.8, 4) is 0 Å². The molecule has 0 spiro atoms. The fourth-order valence-corrected chi connectivity index (χ4v) is 2.71. The molecule has 1 aliphatic heterocycles. The largest absolute Gasteiger partial charge is 0.392 e. The highest BCUT2D eigenvalue weighted by Crippen LogP contribution is 2.19. The third kappa shape index (κ3) is 5.36. The van der Waals surface area contributed by atoms with E-state index in [0.29, 0.717) is 6.04 Å². The van der Waals surface area contributed by atoms with E-state index in [2.05, 4.69) is 31.0 Å². The second-order valence-corrected chi connectivity index (χ2v) is 5.43. The minimum Gasteiger partial charge on any atom is -0.392 e. The number of nitrogens with one attached hydrogen (secondary N) is 1. The molecule has 1 rings (SSSR count). The summed E-state index contributed by atoms with van der Waals surface area (Å²) in [5, 5.41) is 13.2. The molecule has 3 atom stereocenters.